The quantitative estimate of drug-likeness (QED) is 0.733. The minimum atomic E-state index is -0.416. The van der Waals surface area contributed by atoms with E-state index in [-0.39, 0.29) is 18.4 Å². The smallest absolute Gasteiger partial charge is 0.313 e. The molecule has 0 spiro atoms. The van der Waals surface area contributed by atoms with Crippen LogP contribution < -0.4 is 0 Å². The summed E-state index contributed by atoms with van der Waals surface area (Å²) in [5.41, 5.74) is 0.850. The van der Waals surface area contributed by atoms with Crippen LogP contribution in [0.1, 0.15) is 24.3 Å². The molecule has 0 bridgehead atoms. The Morgan fingerprint density at radius 2 is 1.76 bits per heavy atom. The SMILES string of the molecule is COC(=O)CCC(C(=O)OC)c1ccccc1. The molecule has 0 amide bonds. The number of hydrogen-bond acceptors (Lipinski definition) is 4. The van der Waals surface area contributed by atoms with Crippen LogP contribution >= 0.6 is 0 Å². The number of carbonyl (C=O) groups excluding carboxylic acids is 2. The predicted molar refractivity (Wildman–Crippen MR) is 62.4 cm³/mol. The van der Waals surface area contributed by atoms with E-state index in [1.54, 1.807) is 0 Å². The van der Waals surface area contributed by atoms with Crippen LogP contribution in [0.2, 0.25) is 0 Å². The molecule has 0 aliphatic heterocycles. The minimum Gasteiger partial charge on any atom is -0.469 e. The second kappa shape index (κ2) is 6.68. The molecule has 4 nitrogen and oxygen atoms in total. The summed E-state index contributed by atoms with van der Waals surface area (Å²) in [7, 11) is 2.68. The van der Waals surface area contributed by atoms with Crippen molar-refractivity contribution in [1.29, 1.82) is 0 Å². The highest BCUT2D eigenvalue weighted by atomic mass is 16.5. The first-order valence-corrected chi connectivity index (χ1v) is 5.38. The largest absolute Gasteiger partial charge is 0.469 e. The molecule has 0 aromatic heterocycles. The Hall–Kier alpha value is -1.84. The lowest BCUT2D eigenvalue weighted by molar-refractivity contribution is -0.143. The van der Waals surface area contributed by atoms with Gasteiger partial charge in [0.05, 0.1) is 20.1 Å². The molecule has 0 aliphatic carbocycles. The van der Waals surface area contributed by atoms with Crippen molar-refractivity contribution in [3.8, 4) is 0 Å². The van der Waals surface area contributed by atoms with Crippen LogP contribution in [0.4, 0.5) is 0 Å². The fourth-order valence-electron chi connectivity index (χ4n) is 1.61. The molecule has 0 saturated carbocycles. The lowest BCUT2D eigenvalue weighted by atomic mass is 9.94. The van der Waals surface area contributed by atoms with E-state index in [1.165, 1.54) is 14.2 Å². The van der Waals surface area contributed by atoms with Gasteiger partial charge in [-0.2, -0.15) is 0 Å². The van der Waals surface area contributed by atoms with Gasteiger partial charge in [-0.15, -0.1) is 0 Å². The summed E-state index contributed by atoms with van der Waals surface area (Å²) in [5, 5.41) is 0. The third-order valence-corrected chi connectivity index (χ3v) is 2.55. The molecular formula is C13H16O4. The van der Waals surface area contributed by atoms with E-state index in [0.717, 1.165) is 5.56 Å². The van der Waals surface area contributed by atoms with Gasteiger partial charge in [-0.05, 0) is 12.0 Å². The molecule has 0 saturated heterocycles. The van der Waals surface area contributed by atoms with Crippen LogP contribution in [0.5, 0.6) is 0 Å². The van der Waals surface area contributed by atoms with E-state index >= 15 is 0 Å². The number of hydrogen-bond donors (Lipinski definition) is 0. The second-order valence-electron chi connectivity index (χ2n) is 3.60. The van der Waals surface area contributed by atoms with Gasteiger partial charge in [0.25, 0.3) is 0 Å². The number of methoxy groups -OCH3 is 2. The molecule has 1 aromatic carbocycles. The van der Waals surface area contributed by atoms with E-state index in [2.05, 4.69) is 4.74 Å². The Labute approximate surface area is 101 Å². The maximum absolute atomic E-state index is 11.6. The number of carbonyl (C=O) groups is 2. The Bertz CT molecular complexity index is 372. The molecule has 0 aliphatic rings. The molecule has 1 atom stereocenters. The summed E-state index contributed by atoms with van der Waals surface area (Å²) in [6.45, 7) is 0. The van der Waals surface area contributed by atoms with E-state index < -0.39 is 5.92 Å². The average Bonchev–Trinajstić information content (AvgIpc) is 2.39. The topological polar surface area (TPSA) is 52.6 Å². The van der Waals surface area contributed by atoms with Crippen molar-refractivity contribution in [2.24, 2.45) is 0 Å². The first kappa shape index (κ1) is 13.2. The van der Waals surface area contributed by atoms with Crippen molar-refractivity contribution >= 4 is 11.9 Å². The Kier molecular flexibility index (Phi) is 5.20. The van der Waals surface area contributed by atoms with Crippen LogP contribution in [-0.4, -0.2) is 26.2 Å². The summed E-state index contributed by atoms with van der Waals surface area (Å²) >= 11 is 0. The summed E-state index contributed by atoms with van der Waals surface area (Å²) in [5.74, 6) is -1.07. The number of benzene rings is 1. The molecule has 0 radical (unpaired) electrons. The highest BCUT2D eigenvalue weighted by Gasteiger charge is 2.22. The molecule has 92 valence electrons. The molecule has 4 heteroatoms. The number of rotatable bonds is 5. The zero-order valence-electron chi connectivity index (χ0n) is 10.0. The monoisotopic (exact) mass is 236 g/mol. The standard InChI is InChI=1S/C13H16O4/c1-16-12(14)9-8-11(13(15)17-2)10-6-4-3-5-7-10/h3-7,11H,8-9H2,1-2H3. The van der Waals surface area contributed by atoms with Crippen molar-refractivity contribution in [2.75, 3.05) is 14.2 Å². The summed E-state index contributed by atoms with van der Waals surface area (Å²) < 4.78 is 9.30. The lowest BCUT2D eigenvalue weighted by Gasteiger charge is -2.14. The van der Waals surface area contributed by atoms with Gasteiger partial charge < -0.3 is 9.47 Å². The maximum atomic E-state index is 11.6. The second-order valence-corrected chi connectivity index (χ2v) is 3.60. The van der Waals surface area contributed by atoms with Crippen LogP contribution in [0.25, 0.3) is 0 Å². The average molecular weight is 236 g/mol. The summed E-state index contributed by atoms with van der Waals surface area (Å²) in [6.07, 6.45) is 0.592. The summed E-state index contributed by atoms with van der Waals surface area (Å²) in [4.78, 5) is 22.7. The highest BCUT2D eigenvalue weighted by molar-refractivity contribution is 5.79. The van der Waals surface area contributed by atoms with Crippen molar-refractivity contribution in [2.45, 2.75) is 18.8 Å². The molecule has 0 N–H and O–H groups in total. The van der Waals surface area contributed by atoms with Gasteiger partial charge >= 0.3 is 11.9 Å². The van der Waals surface area contributed by atoms with Gasteiger partial charge in [0, 0.05) is 6.42 Å². The highest BCUT2D eigenvalue weighted by Crippen LogP contribution is 2.22. The van der Waals surface area contributed by atoms with E-state index in [1.807, 2.05) is 30.3 Å². The molecular weight excluding hydrogens is 220 g/mol. The fourth-order valence-corrected chi connectivity index (χ4v) is 1.61. The van der Waals surface area contributed by atoms with Crippen LogP contribution in [-0.2, 0) is 19.1 Å². The lowest BCUT2D eigenvalue weighted by Crippen LogP contribution is -2.16. The molecule has 0 fully saturated rings. The molecule has 1 rings (SSSR count). The first-order chi connectivity index (χ1) is 8.19. The Morgan fingerprint density at radius 3 is 2.29 bits per heavy atom. The minimum absolute atomic E-state index is 0.200. The van der Waals surface area contributed by atoms with Crippen LogP contribution in [0.3, 0.4) is 0 Å². The van der Waals surface area contributed by atoms with Crippen LogP contribution in [0, 0.1) is 0 Å². The molecule has 1 aromatic rings. The maximum Gasteiger partial charge on any atom is 0.313 e. The van der Waals surface area contributed by atoms with Gasteiger partial charge in [-0.1, -0.05) is 30.3 Å². The number of esters is 2. The van der Waals surface area contributed by atoms with Gasteiger partial charge in [-0.25, -0.2) is 0 Å². The van der Waals surface area contributed by atoms with Crippen molar-refractivity contribution in [3.05, 3.63) is 35.9 Å². The zero-order valence-corrected chi connectivity index (χ0v) is 10.0. The van der Waals surface area contributed by atoms with Crippen molar-refractivity contribution in [3.63, 3.8) is 0 Å². The van der Waals surface area contributed by atoms with Crippen molar-refractivity contribution in [1.82, 2.24) is 0 Å². The van der Waals surface area contributed by atoms with Gasteiger partial charge in [-0.3, -0.25) is 9.59 Å². The predicted octanol–water partition coefficient (Wildman–Crippen LogP) is 1.90. The third kappa shape index (κ3) is 3.90. The molecule has 17 heavy (non-hydrogen) atoms. The summed E-state index contributed by atoms with van der Waals surface area (Å²) in [6, 6.07) is 9.27. The van der Waals surface area contributed by atoms with E-state index in [9.17, 15) is 9.59 Å². The number of ether oxygens (including phenoxy) is 2. The zero-order chi connectivity index (χ0) is 12.7. The molecule has 1 unspecified atom stereocenters. The normalized spacial score (nSPS) is 11.6. The third-order valence-electron chi connectivity index (χ3n) is 2.55. The Morgan fingerprint density at radius 1 is 1.12 bits per heavy atom. The van der Waals surface area contributed by atoms with Gasteiger partial charge in [0.2, 0.25) is 0 Å². The van der Waals surface area contributed by atoms with E-state index in [0.29, 0.717) is 6.42 Å². The van der Waals surface area contributed by atoms with Crippen LogP contribution in [0.15, 0.2) is 30.3 Å². The van der Waals surface area contributed by atoms with Gasteiger partial charge in [0.1, 0.15) is 0 Å². The molecule has 0 heterocycles. The van der Waals surface area contributed by atoms with Crippen molar-refractivity contribution < 1.29 is 19.1 Å². The first-order valence-electron chi connectivity index (χ1n) is 5.38. The Balaban J connectivity index is 2.75. The van der Waals surface area contributed by atoms with Gasteiger partial charge in [0.15, 0.2) is 0 Å². The van der Waals surface area contributed by atoms with E-state index in [4.69, 9.17) is 4.74 Å². The fraction of sp³-hybridized carbons (Fsp3) is 0.385.